The number of likely N-dealkylation sites (tertiary alicyclic amines) is 1. The molecule has 5 rings (SSSR count). The zero-order chi connectivity index (χ0) is 28.6. The molecule has 1 aromatic rings. The van der Waals surface area contributed by atoms with Crippen molar-refractivity contribution < 1.29 is 38.9 Å². The fraction of sp³-hybridized carbons (Fsp3) is 0.452. The standard InChI is InChI=1S/C31H33NO8/c1-17-15-24(34)23-16-22-20(26(28(23)29(17)37)18-6-8-19(9-7-18)40-14-13-33)10-11-21-27(22)31(39)32(30(21)38)12-4-2-3-5-25(35)36/h6-10,15,21-22,26-27,33H,2-5,11-14,16H2,1H3,(H,35,36). The zero-order valence-corrected chi connectivity index (χ0v) is 22.4. The monoisotopic (exact) mass is 547 g/mol. The van der Waals surface area contributed by atoms with Crippen molar-refractivity contribution in [2.75, 3.05) is 19.8 Å². The van der Waals surface area contributed by atoms with Crippen LogP contribution in [-0.4, -0.2) is 64.2 Å². The number of ketones is 2. The molecule has 3 aliphatic carbocycles. The molecule has 0 spiro atoms. The molecule has 1 aliphatic heterocycles. The molecule has 1 heterocycles. The van der Waals surface area contributed by atoms with E-state index in [1.807, 2.05) is 18.2 Å². The highest BCUT2D eigenvalue weighted by molar-refractivity contribution is 6.23. The summed E-state index contributed by atoms with van der Waals surface area (Å²) in [5.74, 6) is -3.20. The van der Waals surface area contributed by atoms with Crippen LogP contribution in [0.15, 0.2) is 58.7 Å². The Labute approximate surface area is 232 Å². The SMILES string of the molecule is CC1=CC(=O)C2=C(C1=O)C(c1ccc(OCCO)cc1)C1=CCC3C(=O)N(CCCCCC(=O)O)C(=O)C3C1C2. The number of unbranched alkanes of at least 4 members (excludes halogenated alkanes) is 2. The van der Waals surface area contributed by atoms with E-state index in [1.54, 1.807) is 19.1 Å². The molecule has 1 fully saturated rings. The predicted octanol–water partition coefficient (Wildman–Crippen LogP) is 3.13. The quantitative estimate of drug-likeness (QED) is 0.197. The molecule has 1 saturated heterocycles. The van der Waals surface area contributed by atoms with Gasteiger partial charge in [0.25, 0.3) is 0 Å². The predicted molar refractivity (Wildman–Crippen MR) is 143 cm³/mol. The number of benzene rings is 1. The number of allylic oxidation sites excluding steroid dienone is 6. The molecular formula is C31H33NO8. The first-order chi connectivity index (χ1) is 19.2. The van der Waals surface area contributed by atoms with Gasteiger partial charge in [-0.15, -0.1) is 0 Å². The number of aliphatic carboxylic acids is 1. The van der Waals surface area contributed by atoms with Gasteiger partial charge in [-0.1, -0.05) is 30.2 Å². The Balaban J connectivity index is 1.46. The highest BCUT2D eigenvalue weighted by atomic mass is 16.5. The van der Waals surface area contributed by atoms with Crippen molar-refractivity contribution >= 4 is 29.4 Å². The normalized spacial score (nSPS) is 25.8. The van der Waals surface area contributed by atoms with Crippen LogP contribution in [-0.2, 0) is 24.0 Å². The smallest absolute Gasteiger partial charge is 0.303 e. The minimum Gasteiger partial charge on any atom is -0.491 e. The molecule has 0 radical (unpaired) electrons. The van der Waals surface area contributed by atoms with Crippen LogP contribution in [0, 0.1) is 17.8 Å². The van der Waals surface area contributed by atoms with E-state index >= 15 is 0 Å². The summed E-state index contributed by atoms with van der Waals surface area (Å²) in [5, 5.41) is 17.9. The van der Waals surface area contributed by atoms with Crippen LogP contribution in [0.3, 0.4) is 0 Å². The topological polar surface area (TPSA) is 138 Å². The average Bonchev–Trinajstić information content (AvgIpc) is 3.18. The minimum atomic E-state index is -0.869. The Bertz CT molecular complexity index is 1350. The van der Waals surface area contributed by atoms with Crippen LogP contribution in [0.2, 0.25) is 0 Å². The minimum absolute atomic E-state index is 0.0521. The Morgan fingerprint density at radius 1 is 1.02 bits per heavy atom. The molecule has 2 N–H and O–H groups in total. The Morgan fingerprint density at radius 2 is 1.77 bits per heavy atom. The van der Waals surface area contributed by atoms with E-state index in [0.29, 0.717) is 48.2 Å². The van der Waals surface area contributed by atoms with E-state index in [-0.39, 0.29) is 61.9 Å². The fourth-order valence-electron chi connectivity index (χ4n) is 6.67. The maximum absolute atomic E-state index is 13.7. The lowest BCUT2D eigenvalue weighted by molar-refractivity contribution is -0.141. The number of nitrogens with zero attached hydrogens (tertiary/aromatic N) is 1. The van der Waals surface area contributed by atoms with Gasteiger partial charge in [-0.2, -0.15) is 0 Å². The van der Waals surface area contributed by atoms with Crippen molar-refractivity contribution in [3.8, 4) is 5.75 Å². The van der Waals surface area contributed by atoms with Gasteiger partial charge < -0.3 is 14.9 Å². The van der Waals surface area contributed by atoms with Gasteiger partial charge in [-0.05, 0) is 62.3 Å². The maximum atomic E-state index is 13.7. The highest BCUT2D eigenvalue weighted by Gasteiger charge is 2.56. The molecule has 1 aromatic carbocycles. The van der Waals surface area contributed by atoms with E-state index in [9.17, 15) is 24.0 Å². The molecule has 2 amide bonds. The summed E-state index contributed by atoms with van der Waals surface area (Å²) < 4.78 is 5.50. The van der Waals surface area contributed by atoms with Crippen LogP contribution >= 0.6 is 0 Å². The lowest BCUT2D eigenvalue weighted by Gasteiger charge is -2.42. The number of imide groups is 1. The number of aliphatic hydroxyl groups is 1. The van der Waals surface area contributed by atoms with Crippen molar-refractivity contribution in [1.29, 1.82) is 0 Å². The van der Waals surface area contributed by atoms with Gasteiger partial charge in [0.15, 0.2) is 11.6 Å². The molecule has 4 unspecified atom stereocenters. The fourth-order valence-corrected chi connectivity index (χ4v) is 6.67. The first-order valence-electron chi connectivity index (χ1n) is 13.8. The maximum Gasteiger partial charge on any atom is 0.303 e. The summed E-state index contributed by atoms with van der Waals surface area (Å²) in [6.07, 6.45) is 5.64. The number of fused-ring (bicyclic) bond motifs is 3. The van der Waals surface area contributed by atoms with E-state index < -0.39 is 23.7 Å². The number of carbonyl (C=O) groups excluding carboxylic acids is 4. The van der Waals surface area contributed by atoms with Crippen LogP contribution in [0.1, 0.15) is 56.9 Å². The van der Waals surface area contributed by atoms with Crippen molar-refractivity contribution in [3.63, 3.8) is 0 Å². The van der Waals surface area contributed by atoms with Crippen LogP contribution in [0.4, 0.5) is 0 Å². The van der Waals surface area contributed by atoms with E-state index in [0.717, 1.165) is 11.1 Å². The van der Waals surface area contributed by atoms with Crippen LogP contribution < -0.4 is 4.74 Å². The first kappa shape index (κ1) is 27.7. The second-order valence-electron chi connectivity index (χ2n) is 10.9. The number of ether oxygens (including phenoxy) is 1. The number of hydrogen-bond donors (Lipinski definition) is 2. The van der Waals surface area contributed by atoms with Gasteiger partial charge in [0, 0.05) is 35.6 Å². The number of amides is 2. The van der Waals surface area contributed by atoms with Crippen molar-refractivity contribution in [3.05, 3.63) is 64.3 Å². The number of carboxylic acid groups (broad SMARTS) is 1. The lowest BCUT2D eigenvalue weighted by Crippen LogP contribution is -2.39. The Hall–Kier alpha value is -3.85. The second-order valence-corrected chi connectivity index (χ2v) is 10.9. The number of aliphatic hydroxyl groups excluding tert-OH is 1. The number of carboxylic acids is 1. The Morgan fingerprint density at radius 3 is 2.48 bits per heavy atom. The average molecular weight is 548 g/mol. The van der Waals surface area contributed by atoms with Gasteiger partial charge in [-0.25, -0.2) is 0 Å². The summed E-state index contributed by atoms with van der Waals surface area (Å²) in [6.45, 7) is 1.92. The highest BCUT2D eigenvalue weighted by Crippen LogP contribution is 2.55. The molecule has 9 nitrogen and oxygen atoms in total. The van der Waals surface area contributed by atoms with Gasteiger partial charge in [0.2, 0.25) is 11.8 Å². The van der Waals surface area contributed by atoms with Crippen LogP contribution in [0.25, 0.3) is 0 Å². The van der Waals surface area contributed by atoms with Gasteiger partial charge in [-0.3, -0.25) is 28.9 Å². The first-order valence-corrected chi connectivity index (χ1v) is 13.8. The molecule has 0 bridgehead atoms. The van der Waals surface area contributed by atoms with Crippen molar-refractivity contribution in [2.24, 2.45) is 17.8 Å². The zero-order valence-electron chi connectivity index (χ0n) is 22.4. The van der Waals surface area contributed by atoms with Gasteiger partial charge in [0.1, 0.15) is 12.4 Å². The summed E-state index contributed by atoms with van der Waals surface area (Å²) in [5.41, 5.74) is 2.93. The lowest BCUT2D eigenvalue weighted by atomic mass is 9.59. The number of carbonyl (C=O) groups is 5. The molecule has 4 atom stereocenters. The number of hydrogen-bond acceptors (Lipinski definition) is 7. The molecule has 0 saturated carbocycles. The van der Waals surface area contributed by atoms with Crippen molar-refractivity contribution in [2.45, 2.75) is 51.4 Å². The van der Waals surface area contributed by atoms with E-state index in [2.05, 4.69) is 0 Å². The summed E-state index contributed by atoms with van der Waals surface area (Å²) >= 11 is 0. The second kappa shape index (κ2) is 11.3. The van der Waals surface area contributed by atoms with E-state index in [1.165, 1.54) is 11.0 Å². The molecule has 40 heavy (non-hydrogen) atoms. The molecular weight excluding hydrogens is 514 g/mol. The molecule has 4 aliphatic rings. The van der Waals surface area contributed by atoms with Crippen LogP contribution in [0.5, 0.6) is 5.75 Å². The largest absolute Gasteiger partial charge is 0.491 e. The van der Waals surface area contributed by atoms with Crippen molar-refractivity contribution in [1.82, 2.24) is 4.90 Å². The molecule has 210 valence electrons. The van der Waals surface area contributed by atoms with E-state index in [4.69, 9.17) is 14.9 Å². The summed E-state index contributed by atoms with van der Waals surface area (Å²) in [6, 6.07) is 7.20. The number of rotatable bonds is 10. The third kappa shape index (κ3) is 4.94. The number of Topliss-reactive ketones (excluding diaryl/α,β-unsaturated/α-hetero) is 1. The van der Waals surface area contributed by atoms with Gasteiger partial charge >= 0.3 is 5.97 Å². The summed E-state index contributed by atoms with van der Waals surface area (Å²) in [7, 11) is 0. The summed E-state index contributed by atoms with van der Waals surface area (Å²) in [4.78, 5) is 65.8. The molecule has 0 aromatic heterocycles. The van der Waals surface area contributed by atoms with Gasteiger partial charge in [0.05, 0.1) is 18.4 Å². The Kier molecular flexibility index (Phi) is 7.85. The third-order valence-electron chi connectivity index (χ3n) is 8.50. The third-order valence-corrected chi connectivity index (χ3v) is 8.50. The molecule has 9 heteroatoms.